The van der Waals surface area contributed by atoms with Crippen LogP contribution in [-0.2, 0) is 13.5 Å². The van der Waals surface area contributed by atoms with E-state index in [1.165, 1.54) is 4.80 Å². The van der Waals surface area contributed by atoms with Gasteiger partial charge in [-0.3, -0.25) is 4.98 Å². The van der Waals surface area contributed by atoms with Crippen molar-refractivity contribution >= 4 is 11.6 Å². The third-order valence-electron chi connectivity index (χ3n) is 2.08. The number of nitrogens with two attached hydrogens (primary N) is 1. The molecule has 6 nitrogen and oxygen atoms in total. The van der Waals surface area contributed by atoms with Gasteiger partial charge in [0, 0.05) is 12.6 Å². The maximum atomic E-state index is 5.96. The predicted molar refractivity (Wildman–Crippen MR) is 58.7 cm³/mol. The quantitative estimate of drug-likeness (QED) is 0.842. The lowest BCUT2D eigenvalue weighted by Gasteiger charge is -2.07. The van der Waals surface area contributed by atoms with Gasteiger partial charge in [-0.15, -0.1) is 10.2 Å². The first-order valence-corrected chi connectivity index (χ1v) is 5.13. The summed E-state index contributed by atoms with van der Waals surface area (Å²) in [5.41, 5.74) is 6.72. The molecule has 0 bridgehead atoms. The summed E-state index contributed by atoms with van der Waals surface area (Å²) in [5.74, 6) is 0.603. The highest BCUT2D eigenvalue weighted by Crippen LogP contribution is 2.13. The molecular formula is C9H11ClN6. The van der Waals surface area contributed by atoms with Gasteiger partial charge in [0.25, 0.3) is 0 Å². The second kappa shape index (κ2) is 4.54. The molecule has 7 heteroatoms. The predicted octanol–water partition coefficient (Wildman–Crippen LogP) is 0.501. The number of pyridine rings is 1. The van der Waals surface area contributed by atoms with Gasteiger partial charge < -0.3 is 5.73 Å². The van der Waals surface area contributed by atoms with Gasteiger partial charge in [0.15, 0.2) is 5.82 Å². The molecule has 84 valence electrons. The zero-order chi connectivity index (χ0) is 11.5. The van der Waals surface area contributed by atoms with Crippen LogP contribution in [-0.4, -0.2) is 25.2 Å². The largest absolute Gasteiger partial charge is 0.322 e. The molecule has 2 rings (SSSR count). The zero-order valence-corrected chi connectivity index (χ0v) is 9.46. The van der Waals surface area contributed by atoms with E-state index in [1.807, 2.05) is 0 Å². The van der Waals surface area contributed by atoms with Crippen molar-refractivity contribution in [2.24, 2.45) is 12.8 Å². The highest BCUT2D eigenvalue weighted by Gasteiger charge is 2.11. The van der Waals surface area contributed by atoms with Crippen molar-refractivity contribution in [1.29, 1.82) is 0 Å². The average Bonchev–Trinajstić information content (AvgIpc) is 2.65. The van der Waals surface area contributed by atoms with Crippen LogP contribution in [0.3, 0.4) is 0 Å². The highest BCUT2D eigenvalue weighted by atomic mass is 35.5. The van der Waals surface area contributed by atoms with Crippen LogP contribution < -0.4 is 5.73 Å². The summed E-state index contributed by atoms with van der Waals surface area (Å²) >= 11 is 5.74. The summed E-state index contributed by atoms with van der Waals surface area (Å²) in [7, 11) is 1.71. The van der Waals surface area contributed by atoms with Crippen molar-refractivity contribution in [2.45, 2.75) is 12.5 Å². The number of halogens is 1. The fraction of sp³-hybridized carbons (Fsp3) is 0.333. The van der Waals surface area contributed by atoms with Crippen molar-refractivity contribution in [3.63, 3.8) is 0 Å². The summed E-state index contributed by atoms with van der Waals surface area (Å²) in [6.45, 7) is 0. The molecule has 0 aliphatic heterocycles. The molecule has 1 unspecified atom stereocenters. The lowest BCUT2D eigenvalue weighted by molar-refractivity contribution is 0.620. The molecular weight excluding hydrogens is 228 g/mol. The first-order valence-electron chi connectivity index (χ1n) is 4.75. The smallest absolute Gasteiger partial charge is 0.176 e. The fourth-order valence-electron chi connectivity index (χ4n) is 1.31. The molecule has 0 aliphatic carbocycles. The van der Waals surface area contributed by atoms with Crippen molar-refractivity contribution in [3.05, 3.63) is 34.9 Å². The fourth-order valence-corrected chi connectivity index (χ4v) is 1.42. The van der Waals surface area contributed by atoms with E-state index in [0.29, 0.717) is 17.3 Å². The van der Waals surface area contributed by atoms with Gasteiger partial charge in [-0.05, 0) is 17.3 Å². The van der Waals surface area contributed by atoms with Gasteiger partial charge in [-0.2, -0.15) is 4.80 Å². The minimum absolute atomic E-state index is 0.249. The Morgan fingerprint density at radius 2 is 2.31 bits per heavy atom. The second-order valence-electron chi connectivity index (χ2n) is 3.41. The molecule has 2 aromatic heterocycles. The molecule has 0 saturated heterocycles. The van der Waals surface area contributed by atoms with Gasteiger partial charge in [-0.25, -0.2) is 0 Å². The van der Waals surface area contributed by atoms with E-state index in [-0.39, 0.29) is 6.04 Å². The van der Waals surface area contributed by atoms with Crippen LogP contribution in [0.25, 0.3) is 0 Å². The van der Waals surface area contributed by atoms with Crippen molar-refractivity contribution < 1.29 is 0 Å². The maximum Gasteiger partial charge on any atom is 0.176 e. The van der Waals surface area contributed by atoms with Crippen LogP contribution in [0.5, 0.6) is 0 Å². The first kappa shape index (κ1) is 11.0. The van der Waals surface area contributed by atoms with E-state index in [0.717, 1.165) is 5.69 Å². The molecule has 0 aliphatic rings. The normalized spacial score (nSPS) is 12.7. The van der Waals surface area contributed by atoms with Crippen molar-refractivity contribution in [3.8, 4) is 0 Å². The molecule has 1 atom stereocenters. The monoisotopic (exact) mass is 238 g/mol. The highest BCUT2D eigenvalue weighted by molar-refractivity contribution is 6.30. The van der Waals surface area contributed by atoms with Gasteiger partial charge in [0.2, 0.25) is 0 Å². The Balaban J connectivity index is 2.08. The third-order valence-corrected chi connectivity index (χ3v) is 2.31. The summed E-state index contributed by atoms with van der Waals surface area (Å²) in [4.78, 5) is 5.54. The van der Waals surface area contributed by atoms with E-state index in [4.69, 9.17) is 17.3 Å². The average molecular weight is 239 g/mol. The van der Waals surface area contributed by atoms with Crippen LogP contribution >= 0.6 is 11.6 Å². The van der Waals surface area contributed by atoms with Crippen LogP contribution in [0.2, 0.25) is 5.02 Å². The summed E-state index contributed by atoms with van der Waals surface area (Å²) in [6.07, 6.45) is 2.07. The van der Waals surface area contributed by atoms with Gasteiger partial charge >= 0.3 is 0 Å². The number of hydrogen-bond acceptors (Lipinski definition) is 5. The zero-order valence-electron chi connectivity index (χ0n) is 8.71. The van der Waals surface area contributed by atoms with E-state index in [1.54, 1.807) is 25.4 Å². The minimum atomic E-state index is -0.249. The second-order valence-corrected chi connectivity index (χ2v) is 3.84. The molecule has 16 heavy (non-hydrogen) atoms. The summed E-state index contributed by atoms with van der Waals surface area (Å²) in [5, 5.41) is 12.2. The molecule has 0 saturated carbocycles. The van der Waals surface area contributed by atoms with Gasteiger partial charge in [0.1, 0.15) is 0 Å². The molecule has 0 amide bonds. The maximum absolute atomic E-state index is 5.96. The Kier molecular flexibility index (Phi) is 3.12. The third kappa shape index (κ3) is 2.53. The van der Waals surface area contributed by atoms with Gasteiger partial charge in [0.05, 0.1) is 23.8 Å². The van der Waals surface area contributed by atoms with E-state index in [2.05, 4.69) is 20.4 Å². The Hall–Kier alpha value is -1.53. The number of aromatic nitrogens is 5. The number of aryl methyl sites for hydroxylation is 1. The van der Waals surface area contributed by atoms with Gasteiger partial charge in [-0.1, -0.05) is 11.6 Å². The van der Waals surface area contributed by atoms with Crippen molar-refractivity contribution in [1.82, 2.24) is 25.2 Å². The Morgan fingerprint density at radius 1 is 1.50 bits per heavy atom. The number of tetrazole rings is 1. The molecule has 2 heterocycles. The van der Waals surface area contributed by atoms with Crippen LogP contribution in [0.1, 0.15) is 17.6 Å². The lowest BCUT2D eigenvalue weighted by atomic mass is 10.1. The van der Waals surface area contributed by atoms with E-state index < -0.39 is 0 Å². The van der Waals surface area contributed by atoms with Crippen LogP contribution in [0.15, 0.2) is 18.3 Å². The Morgan fingerprint density at radius 3 is 2.88 bits per heavy atom. The Bertz CT molecular complexity index is 465. The summed E-state index contributed by atoms with van der Waals surface area (Å²) in [6, 6.07) is 3.30. The molecule has 0 radical (unpaired) electrons. The number of nitrogens with zero attached hydrogens (tertiary/aromatic N) is 5. The summed E-state index contributed by atoms with van der Waals surface area (Å²) < 4.78 is 0. The SMILES string of the molecule is Cn1nnc(CC(N)c2ccc(Cl)cn2)n1. The molecule has 2 N–H and O–H groups in total. The number of hydrogen-bond donors (Lipinski definition) is 1. The molecule has 2 aromatic rings. The number of rotatable bonds is 3. The lowest BCUT2D eigenvalue weighted by Crippen LogP contribution is -2.15. The topological polar surface area (TPSA) is 82.5 Å². The van der Waals surface area contributed by atoms with E-state index >= 15 is 0 Å². The van der Waals surface area contributed by atoms with Crippen LogP contribution in [0, 0.1) is 0 Å². The molecule has 0 fully saturated rings. The van der Waals surface area contributed by atoms with Crippen molar-refractivity contribution in [2.75, 3.05) is 0 Å². The molecule has 0 aromatic carbocycles. The van der Waals surface area contributed by atoms with Crippen LogP contribution in [0.4, 0.5) is 0 Å². The molecule has 0 spiro atoms. The van der Waals surface area contributed by atoms with E-state index in [9.17, 15) is 0 Å². The standard InChI is InChI=1S/C9H11ClN6/c1-16-14-9(13-15-16)4-7(11)8-3-2-6(10)5-12-8/h2-3,5,7H,4,11H2,1H3. The first-order chi connectivity index (χ1) is 7.65. The Labute approximate surface area is 97.4 Å². The minimum Gasteiger partial charge on any atom is -0.322 e.